The van der Waals surface area contributed by atoms with Crippen LogP contribution in [0.3, 0.4) is 0 Å². The lowest BCUT2D eigenvalue weighted by molar-refractivity contribution is 0.283. The van der Waals surface area contributed by atoms with E-state index in [-0.39, 0.29) is 0 Å². The predicted molar refractivity (Wildman–Crippen MR) is 57.9 cm³/mol. The summed E-state index contributed by atoms with van der Waals surface area (Å²) in [5.41, 5.74) is 0. The van der Waals surface area contributed by atoms with Crippen molar-refractivity contribution in [3.05, 3.63) is 0 Å². The zero-order valence-electron chi connectivity index (χ0n) is 9.18. The van der Waals surface area contributed by atoms with Crippen LogP contribution in [0.2, 0.25) is 0 Å². The molecule has 2 N–H and O–H groups in total. The highest BCUT2D eigenvalue weighted by molar-refractivity contribution is 4.51. The Labute approximate surface area is 82.7 Å². The smallest absolute Gasteiger partial charge is 0.0431 e. The zero-order chi connectivity index (χ0) is 9.94. The van der Waals surface area contributed by atoms with Gasteiger partial charge in [-0.05, 0) is 51.1 Å². The van der Waals surface area contributed by atoms with Crippen LogP contribution in [-0.4, -0.2) is 24.8 Å². The highest BCUT2D eigenvalue weighted by atomic mass is 16.2. The number of aliphatic hydroxyl groups is 1. The van der Waals surface area contributed by atoms with Gasteiger partial charge in [0, 0.05) is 6.61 Å². The molecule has 2 nitrogen and oxygen atoms in total. The van der Waals surface area contributed by atoms with Crippen molar-refractivity contribution in [1.82, 2.24) is 5.32 Å². The largest absolute Gasteiger partial charge is 0.396 e. The van der Waals surface area contributed by atoms with Gasteiger partial charge >= 0.3 is 0 Å². The minimum Gasteiger partial charge on any atom is -0.396 e. The average molecular weight is 187 g/mol. The first-order valence-corrected chi connectivity index (χ1v) is 5.59. The lowest BCUT2D eigenvalue weighted by atomic mass is 10.1. The van der Waals surface area contributed by atoms with Crippen molar-refractivity contribution in [2.24, 2.45) is 5.92 Å². The molecule has 13 heavy (non-hydrogen) atoms. The third kappa shape index (κ3) is 11.9. The molecule has 0 heterocycles. The molecule has 0 aliphatic heterocycles. The Morgan fingerprint density at radius 2 is 1.69 bits per heavy atom. The zero-order valence-corrected chi connectivity index (χ0v) is 9.18. The van der Waals surface area contributed by atoms with E-state index < -0.39 is 0 Å². The quantitative estimate of drug-likeness (QED) is 0.542. The second-order valence-corrected chi connectivity index (χ2v) is 4.07. The Balaban J connectivity index is 2.84. The van der Waals surface area contributed by atoms with Gasteiger partial charge < -0.3 is 10.4 Å². The van der Waals surface area contributed by atoms with Gasteiger partial charge in [-0.15, -0.1) is 0 Å². The Bertz CT molecular complexity index is 94.1. The molecule has 0 aromatic heterocycles. The predicted octanol–water partition coefficient (Wildman–Crippen LogP) is 2.17. The molecule has 0 bridgehead atoms. The van der Waals surface area contributed by atoms with Crippen molar-refractivity contribution in [1.29, 1.82) is 0 Å². The molecule has 0 unspecified atom stereocenters. The normalized spacial score (nSPS) is 11.1. The van der Waals surface area contributed by atoms with Gasteiger partial charge in [-0.3, -0.25) is 0 Å². The third-order valence-electron chi connectivity index (χ3n) is 2.15. The number of rotatable bonds is 9. The van der Waals surface area contributed by atoms with Crippen molar-refractivity contribution >= 4 is 0 Å². The lowest BCUT2D eigenvalue weighted by Gasteiger charge is -2.05. The Hall–Kier alpha value is -0.0800. The number of aliphatic hydroxyl groups excluding tert-OH is 1. The van der Waals surface area contributed by atoms with E-state index in [4.69, 9.17) is 5.11 Å². The van der Waals surface area contributed by atoms with Crippen LogP contribution in [0.4, 0.5) is 0 Å². The molecule has 0 aliphatic rings. The third-order valence-corrected chi connectivity index (χ3v) is 2.15. The van der Waals surface area contributed by atoms with Crippen LogP contribution in [-0.2, 0) is 0 Å². The average Bonchev–Trinajstić information content (AvgIpc) is 2.09. The fourth-order valence-electron chi connectivity index (χ4n) is 1.30. The van der Waals surface area contributed by atoms with E-state index in [0.717, 1.165) is 31.8 Å². The van der Waals surface area contributed by atoms with E-state index in [9.17, 15) is 0 Å². The Kier molecular flexibility index (Phi) is 9.94. The van der Waals surface area contributed by atoms with Crippen molar-refractivity contribution in [2.45, 2.75) is 46.0 Å². The molecule has 80 valence electrons. The Morgan fingerprint density at radius 1 is 1.00 bits per heavy atom. The summed E-state index contributed by atoms with van der Waals surface area (Å²) in [5, 5.41) is 12.0. The highest BCUT2D eigenvalue weighted by Gasteiger charge is 1.93. The van der Waals surface area contributed by atoms with E-state index in [0.29, 0.717) is 6.61 Å². The molecule has 0 aromatic rings. The number of unbranched alkanes of at least 4 members (excludes halogenated alkanes) is 2. The molecule has 0 aliphatic carbocycles. The summed E-state index contributed by atoms with van der Waals surface area (Å²) in [5.74, 6) is 0.830. The molecular weight excluding hydrogens is 162 g/mol. The molecule has 0 radical (unpaired) electrons. The van der Waals surface area contributed by atoms with Gasteiger partial charge in [0.1, 0.15) is 0 Å². The van der Waals surface area contributed by atoms with E-state index >= 15 is 0 Å². The topological polar surface area (TPSA) is 32.3 Å². The first-order chi connectivity index (χ1) is 6.27. The van der Waals surface area contributed by atoms with Gasteiger partial charge in [0.15, 0.2) is 0 Å². The van der Waals surface area contributed by atoms with Crippen molar-refractivity contribution < 1.29 is 5.11 Å². The summed E-state index contributed by atoms with van der Waals surface area (Å²) in [4.78, 5) is 0. The maximum absolute atomic E-state index is 8.55. The lowest BCUT2D eigenvalue weighted by Crippen LogP contribution is -2.17. The first-order valence-electron chi connectivity index (χ1n) is 5.59. The summed E-state index contributed by atoms with van der Waals surface area (Å²) < 4.78 is 0. The monoisotopic (exact) mass is 187 g/mol. The van der Waals surface area contributed by atoms with E-state index in [1.165, 1.54) is 19.3 Å². The standard InChI is InChI=1S/C11H25NO/c1-11(2)7-6-9-12-8-4-3-5-10-13/h11-13H,3-10H2,1-2H3. The highest BCUT2D eigenvalue weighted by Crippen LogP contribution is 2.01. The molecule has 0 atom stereocenters. The van der Waals surface area contributed by atoms with Gasteiger partial charge in [0.05, 0.1) is 0 Å². The van der Waals surface area contributed by atoms with Gasteiger partial charge in [0.2, 0.25) is 0 Å². The van der Waals surface area contributed by atoms with Gasteiger partial charge in [-0.2, -0.15) is 0 Å². The van der Waals surface area contributed by atoms with Gasteiger partial charge in [0.25, 0.3) is 0 Å². The fraction of sp³-hybridized carbons (Fsp3) is 1.00. The van der Waals surface area contributed by atoms with Gasteiger partial charge in [-0.1, -0.05) is 13.8 Å². The molecule has 2 heteroatoms. The molecule has 0 fully saturated rings. The van der Waals surface area contributed by atoms with E-state index in [1.54, 1.807) is 0 Å². The van der Waals surface area contributed by atoms with Gasteiger partial charge in [-0.25, -0.2) is 0 Å². The summed E-state index contributed by atoms with van der Waals surface area (Å²) in [6.45, 7) is 7.13. The molecular formula is C11H25NO. The second kappa shape index (κ2) is 10.0. The van der Waals surface area contributed by atoms with Crippen molar-refractivity contribution in [3.8, 4) is 0 Å². The minimum atomic E-state index is 0.341. The second-order valence-electron chi connectivity index (χ2n) is 4.07. The van der Waals surface area contributed by atoms with Crippen LogP contribution < -0.4 is 5.32 Å². The van der Waals surface area contributed by atoms with Crippen LogP contribution in [0.15, 0.2) is 0 Å². The number of hydrogen-bond donors (Lipinski definition) is 2. The molecule has 0 spiro atoms. The summed E-state index contributed by atoms with van der Waals surface area (Å²) >= 11 is 0. The van der Waals surface area contributed by atoms with Crippen LogP contribution in [0.1, 0.15) is 46.0 Å². The summed E-state index contributed by atoms with van der Waals surface area (Å²) in [6.07, 6.45) is 5.91. The van der Waals surface area contributed by atoms with E-state index in [2.05, 4.69) is 19.2 Å². The fourth-order valence-corrected chi connectivity index (χ4v) is 1.30. The molecule has 0 saturated carbocycles. The van der Waals surface area contributed by atoms with Crippen LogP contribution >= 0.6 is 0 Å². The molecule has 0 rings (SSSR count). The molecule has 0 saturated heterocycles. The maximum atomic E-state index is 8.55. The number of nitrogens with one attached hydrogen (secondary N) is 1. The number of hydrogen-bond acceptors (Lipinski definition) is 2. The molecule has 0 aromatic carbocycles. The SMILES string of the molecule is CC(C)CCCNCCCCCO. The summed E-state index contributed by atoms with van der Waals surface area (Å²) in [6, 6.07) is 0. The first kappa shape index (κ1) is 12.9. The van der Waals surface area contributed by atoms with Crippen LogP contribution in [0.5, 0.6) is 0 Å². The van der Waals surface area contributed by atoms with Crippen molar-refractivity contribution in [2.75, 3.05) is 19.7 Å². The van der Waals surface area contributed by atoms with Crippen LogP contribution in [0, 0.1) is 5.92 Å². The summed E-state index contributed by atoms with van der Waals surface area (Å²) in [7, 11) is 0. The van der Waals surface area contributed by atoms with Crippen molar-refractivity contribution in [3.63, 3.8) is 0 Å². The maximum Gasteiger partial charge on any atom is 0.0431 e. The Morgan fingerprint density at radius 3 is 2.31 bits per heavy atom. The van der Waals surface area contributed by atoms with E-state index in [1.807, 2.05) is 0 Å². The minimum absolute atomic E-state index is 0.341. The molecule has 0 amide bonds. The van der Waals surface area contributed by atoms with Crippen LogP contribution in [0.25, 0.3) is 0 Å².